The number of anilines is 1. The maximum absolute atomic E-state index is 11.2. The molecule has 9 heteroatoms. The van der Waals surface area contributed by atoms with Gasteiger partial charge in [-0.05, 0) is 26.8 Å². The van der Waals surface area contributed by atoms with Crippen molar-refractivity contribution in [2.45, 2.75) is 26.3 Å². The van der Waals surface area contributed by atoms with Crippen molar-refractivity contribution in [3.8, 4) is 0 Å². The fourth-order valence-electron chi connectivity index (χ4n) is 1.69. The van der Waals surface area contributed by atoms with Crippen LogP contribution < -0.4 is 10.0 Å². The van der Waals surface area contributed by atoms with Crippen LogP contribution in [0.2, 0.25) is 0 Å². The number of aryl methyl sites for hydroxylation is 1. The zero-order valence-corrected chi connectivity index (χ0v) is 12.6. The van der Waals surface area contributed by atoms with E-state index in [0.29, 0.717) is 17.9 Å². The van der Waals surface area contributed by atoms with E-state index in [0.717, 1.165) is 6.26 Å². The molecule has 0 bridgehead atoms. The monoisotopic (exact) mass is 302 g/mol. The molecule has 0 aliphatic carbocycles. The van der Waals surface area contributed by atoms with E-state index in [-0.39, 0.29) is 5.69 Å². The molecule has 0 aromatic carbocycles. The molecular weight excluding hydrogens is 284 g/mol. The summed E-state index contributed by atoms with van der Waals surface area (Å²) in [6, 6.07) is 1.55. The molecule has 2 N–H and O–H groups in total. The molecule has 0 amide bonds. The van der Waals surface area contributed by atoms with Crippen LogP contribution in [0.1, 0.15) is 19.4 Å². The second kappa shape index (κ2) is 5.71. The molecule has 0 spiro atoms. The van der Waals surface area contributed by atoms with Gasteiger partial charge < -0.3 is 5.32 Å². The largest absolute Gasteiger partial charge is 0.368 e. The van der Waals surface area contributed by atoms with Crippen LogP contribution in [-0.2, 0) is 10.0 Å². The molecular formula is C11H18N4O4S. The SMILES string of the molecule is Cc1cc(NCC(C)(C)NS(C)(=O)=O)ncc1[N+](=O)[O-]. The summed E-state index contributed by atoms with van der Waals surface area (Å²) < 4.78 is 24.9. The van der Waals surface area contributed by atoms with Crippen molar-refractivity contribution in [3.05, 3.63) is 27.9 Å². The maximum atomic E-state index is 11.2. The molecule has 0 unspecified atom stereocenters. The molecule has 1 aromatic heterocycles. The summed E-state index contributed by atoms with van der Waals surface area (Å²) in [4.78, 5) is 14.1. The molecule has 20 heavy (non-hydrogen) atoms. The van der Waals surface area contributed by atoms with E-state index in [1.54, 1.807) is 26.8 Å². The number of nitrogens with one attached hydrogen (secondary N) is 2. The first-order valence-corrected chi connectivity index (χ1v) is 7.73. The predicted molar refractivity (Wildman–Crippen MR) is 76.2 cm³/mol. The van der Waals surface area contributed by atoms with E-state index >= 15 is 0 Å². The third kappa shape index (κ3) is 5.10. The first-order valence-electron chi connectivity index (χ1n) is 5.84. The molecule has 0 fully saturated rings. The van der Waals surface area contributed by atoms with Crippen molar-refractivity contribution in [3.63, 3.8) is 0 Å². The van der Waals surface area contributed by atoms with Crippen LogP contribution in [0.4, 0.5) is 11.5 Å². The Bertz CT molecular complexity index is 613. The van der Waals surface area contributed by atoms with Crippen molar-refractivity contribution in [1.82, 2.24) is 9.71 Å². The lowest BCUT2D eigenvalue weighted by atomic mass is 10.1. The number of aromatic nitrogens is 1. The first kappa shape index (κ1) is 16.3. The summed E-state index contributed by atoms with van der Waals surface area (Å²) in [7, 11) is -3.31. The van der Waals surface area contributed by atoms with Crippen LogP contribution in [0.3, 0.4) is 0 Å². The Morgan fingerprint density at radius 1 is 1.45 bits per heavy atom. The second-order valence-electron chi connectivity index (χ2n) is 5.22. The molecule has 0 atom stereocenters. The second-order valence-corrected chi connectivity index (χ2v) is 6.97. The van der Waals surface area contributed by atoms with Gasteiger partial charge in [-0.2, -0.15) is 0 Å². The Kier molecular flexibility index (Phi) is 4.66. The normalized spacial score (nSPS) is 12.2. The number of rotatable bonds is 6. The minimum absolute atomic E-state index is 0.0518. The van der Waals surface area contributed by atoms with Gasteiger partial charge in [0.25, 0.3) is 5.69 Å². The first-order chi connectivity index (χ1) is 9.00. The van der Waals surface area contributed by atoms with Gasteiger partial charge in [0.15, 0.2) is 0 Å². The van der Waals surface area contributed by atoms with Crippen LogP contribution in [0.25, 0.3) is 0 Å². The number of hydrogen-bond donors (Lipinski definition) is 2. The van der Waals surface area contributed by atoms with Gasteiger partial charge in [0, 0.05) is 17.6 Å². The molecule has 112 valence electrons. The lowest BCUT2D eigenvalue weighted by Crippen LogP contribution is -2.47. The molecule has 0 radical (unpaired) electrons. The summed E-state index contributed by atoms with van der Waals surface area (Å²) >= 11 is 0. The van der Waals surface area contributed by atoms with Crippen LogP contribution in [-0.4, -0.2) is 36.7 Å². The van der Waals surface area contributed by atoms with E-state index in [1.165, 1.54) is 6.20 Å². The highest BCUT2D eigenvalue weighted by Gasteiger charge is 2.22. The van der Waals surface area contributed by atoms with Crippen molar-refractivity contribution in [2.24, 2.45) is 0 Å². The van der Waals surface area contributed by atoms with Crippen LogP contribution in [0.15, 0.2) is 12.3 Å². The summed E-state index contributed by atoms with van der Waals surface area (Å²) in [6.07, 6.45) is 2.26. The Morgan fingerprint density at radius 2 is 2.05 bits per heavy atom. The van der Waals surface area contributed by atoms with E-state index in [4.69, 9.17) is 0 Å². The minimum Gasteiger partial charge on any atom is -0.368 e. The van der Waals surface area contributed by atoms with Gasteiger partial charge in [0.05, 0.1) is 11.2 Å². The minimum atomic E-state index is -3.31. The van der Waals surface area contributed by atoms with Crippen LogP contribution >= 0.6 is 0 Å². The summed E-state index contributed by atoms with van der Waals surface area (Å²) in [5.74, 6) is 0.455. The quantitative estimate of drug-likeness (QED) is 0.599. The highest BCUT2D eigenvalue weighted by Crippen LogP contribution is 2.19. The standard InChI is InChI=1S/C11H18N4O4S/c1-8-5-10(12-6-9(8)15(16)17)13-7-11(2,3)14-20(4,18)19/h5-6,14H,7H2,1-4H3,(H,12,13). The molecule has 1 aromatic rings. The lowest BCUT2D eigenvalue weighted by molar-refractivity contribution is -0.385. The van der Waals surface area contributed by atoms with Gasteiger partial charge in [-0.1, -0.05) is 0 Å². The Morgan fingerprint density at radius 3 is 2.50 bits per heavy atom. The van der Waals surface area contributed by atoms with Gasteiger partial charge >= 0.3 is 0 Å². The fourth-order valence-corrected chi connectivity index (χ4v) is 2.76. The third-order valence-electron chi connectivity index (χ3n) is 2.45. The van der Waals surface area contributed by atoms with Crippen molar-refractivity contribution in [2.75, 3.05) is 18.1 Å². The van der Waals surface area contributed by atoms with Crippen LogP contribution in [0, 0.1) is 17.0 Å². The summed E-state index contributed by atoms with van der Waals surface area (Å²) in [5.41, 5.74) is -0.268. The highest BCUT2D eigenvalue weighted by atomic mass is 32.2. The van der Waals surface area contributed by atoms with E-state index in [9.17, 15) is 18.5 Å². The number of nitro groups is 1. The van der Waals surface area contributed by atoms with Crippen molar-refractivity contribution in [1.29, 1.82) is 0 Å². The number of pyridine rings is 1. The number of sulfonamides is 1. The molecule has 1 heterocycles. The maximum Gasteiger partial charge on any atom is 0.290 e. The lowest BCUT2D eigenvalue weighted by Gasteiger charge is -2.25. The summed E-state index contributed by atoms with van der Waals surface area (Å²) in [5, 5.41) is 13.6. The van der Waals surface area contributed by atoms with Crippen molar-refractivity contribution < 1.29 is 13.3 Å². The van der Waals surface area contributed by atoms with E-state index < -0.39 is 20.5 Å². The van der Waals surface area contributed by atoms with Crippen LogP contribution in [0.5, 0.6) is 0 Å². The fraction of sp³-hybridized carbons (Fsp3) is 0.545. The topological polar surface area (TPSA) is 114 Å². The molecule has 0 saturated heterocycles. The predicted octanol–water partition coefficient (Wildman–Crippen LogP) is 1.04. The Labute approximate surface area is 117 Å². The zero-order valence-electron chi connectivity index (χ0n) is 11.8. The van der Waals surface area contributed by atoms with Gasteiger partial charge in [-0.15, -0.1) is 0 Å². The van der Waals surface area contributed by atoms with Gasteiger partial charge in [-0.25, -0.2) is 18.1 Å². The zero-order chi connectivity index (χ0) is 15.6. The Balaban J connectivity index is 2.76. The number of nitrogens with zero attached hydrogens (tertiary/aromatic N) is 2. The average Bonchev–Trinajstić information content (AvgIpc) is 2.22. The molecule has 8 nitrogen and oxygen atoms in total. The highest BCUT2D eigenvalue weighted by molar-refractivity contribution is 7.88. The van der Waals surface area contributed by atoms with Crippen molar-refractivity contribution >= 4 is 21.5 Å². The van der Waals surface area contributed by atoms with E-state index in [1.807, 2.05) is 0 Å². The molecule has 0 aliphatic heterocycles. The summed E-state index contributed by atoms with van der Waals surface area (Å²) in [6.45, 7) is 5.35. The molecule has 1 rings (SSSR count). The third-order valence-corrected chi connectivity index (χ3v) is 3.38. The van der Waals surface area contributed by atoms with Gasteiger partial charge in [0.2, 0.25) is 10.0 Å². The van der Waals surface area contributed by atoms with Gasteiger partial charge in [-0.3, -0.25) is 10.1 Å². The smallest absolute Gasteiger partial charge is 0.290 e. The average molecular weight is 302 g/mol. The molecule has 0 saturated carbocycles. The number of hydrogen-bond acceptors (Lipinski definition) is 6. The molecule has 0 aliphatic rings. The van der Waals surface area contributed by atoms with E-state index in [2.05, 4.69) is 15.0 Å². The van der Waals surface area contributed by atoms with Gasteiger partial charge in [0.1, 0.15) is 12.0 Å². The Hall–Kier alpha value is -1.74.